The van der Waals surface area contributed by atoms with Crippen molar-refractivity contribution in [2.45, 2.75) is 0 Å². The normalized spacial score (nSPS) is 11.7. The highest BCUT2D eigenvalue weighted by molar-refractivity contribution is 7.26. The summed E-state index contributed by atoms with van der Waals surface area (Å²) in [7, 11) is 0. The molecule has 0 aliphatic heterocycles. The molecular formula is C50H30N2OS. The molecule has 3 nitrogen and oxygen atoms in total. The SMILES string of the molecule is c1ccc(-c2ccc3sc4c(-c5cccc(-c6cccc(-c7cccc8ccc9oc%10nccnc%10c9c78)c6)c5)cc(-c5ccccc5)cc4c3c2)cc1. The number of benzene rings is 8. The van der Waals surface area contributed by atoms with Gasteiger partial charge in [0.05, 0.1) is 5.39 Å². The minimum absolute atomic E-state index is 0.557. The van der Waals surface area contributed by atoms with Crippen molar-refractivity contribution >= 4 is 64.5 Å². The van der Waals surface area contributed by atoms with Gasteiger partial charge in [0.15, 0.2) is 0 Å². The minimum Gasteiger partial charge on any atom is -0.436 e. The Morgan fingerprint density at radius 3 is 1.81 bits per heavy atom. The van der Waals surface area contributed by atoms with Crippen LogP contribution in [0.5, 0.6) is 0 Å². The molecule has 3 heterocycles. The Labute approximate surface area is 315 Å². The van der Waals surface area contributed by atoms with E-state index in [9.17, 15) is 0 Å². The monoisotopic (exact) mass is 706 g/mol. The van der Waals surface area contributed by atoms with E-state index in [1.165, 1.54) is 59.1 Å². The molecule has 0 aliphatic rings. The zero-order valence-electron chi connectivity index (χ0n) is 29.0. The lowest BCUT2D eigenvalue weighted by Gasteiger charge is -2.12. The van der Waals surface area contributed by atoms with Crippen molar-refractivity contribution in [2.75, 3.05) is 0 Å². The van der Waals surface area contributed by atoms with Crippen molar-refractivity contribution in [2.24, 2.45) is 0 Å². The van der Waals surface area contributed by atoms with E-state index in [0.29, 0.717) is 5.71 Å². The van der Waals surface area contributed by atoms with Crippen LogP contribution in [0.4, 0.5) is 0 Å². The summed E-state index contributed by atoms with van der Waals surface area (Å²) in [5, 5.41) is 5.85. The van der Waals surface area contributed by atoms with Crippen LogP contribution < -0.4 is 0 Å². The summed E-state index contributed by atoms with van der Waals surface area (Å²) in [6, 6.07) is 61.6. The second kappa shape index (κ2) is 12.4. The predicted octanol–water partition coefficient (Wildman–Crippen LogP) is 14.2. The van der Waals surface area contributed by atoms with Gasteiger partial charge < -0.3 is 4.42 Å². The number of hydrogen-bond donors (Lipinski definition) is 0. The number of hydrogen-bond acceptors (Lipinski definition) is 4. The Balaban J connectivity index is 1.07. The summed E-state index contributed by atoms with van der Waals surface area (Å²) in [6.07, 6.45) is 3.41. The van der Waals surface area contributed by atoms with E-state index in [-0.39, 0.29) is 0 Å². The molecule has 54 heavy (non-hydrogen) atoms. The maximum Gasteiger partial charge on any atom is 0.246 e. The van der Waals surface area contributed by atoms with Crippen molar-refractivity contribution in [1.29, 1.82) is 0 Å². The Morgan fingerprint density at radius 2 is 1.04 bits per heavy atom. The van der Waals surface area contributed by atoms with Crippen LogP contribution in [0.2, 0.25) is 0 Å². The van der Waals surface area contributed by atoms with Gasteiger partial charge in [-0.1, -0.05) is 127 Å². The first-order chi connectivity index (χ1) is 26.7. The van der Waals surface area contributed by atoms with E-state index in [2.05, 4.69) is 174 Å². The molecule has 4 heteroatoms. The molecule has 0 spiro atoms. The first-order valence-electron chi connectivity index (χ1n) is 18.1. The van der Waals surface area contributed by atoms with Gasteiger partial charge in [0.25, 0.3) is 0 Å². The summed E-state index contributed by atoms with van der Waals surface area (Å²) >= 11 is 1.88. The van der Waals surface area contributed by atoms with Crippen LogP contribution in [0, 0.1) is 0 Å². The lowest BCUT2D eigenvalue weighted by Crippen LogP contribution is -1.87. The topological polar surface area (TPSA) is 38.9 Å². The van der Waals surface area contributed by atoms with E-state index in [0.717, 1.165) is 43.9 Å². The molecule has 3 aromatic heterocycles. The third-order valence-electron chi connectivity index (χ3n) is 10.6. The lowest BCUT2D eigenvalue weighted by molar-refractivity contribution is 0.653. The molecule has 0 saturated carbocycles. The standard InChI is InChI=1S/C50H30N2OS/c1-3-10-31(11-4-1)36-21-23-45-42(28-36)43-30-39(32-12-5-2-6-13-32)29-41(49(43)54-45)38-18-8-16-35(27-38)34-15-7-17-37(26-34)40-19-9-14-33-20-22-44-47(46(33)40)48-50(53-44)52-25-24-51-48/h1-30H. The van der Waals surface area contributed by atoms with Gasteiger partial charge in [-0.15, -0.1) is 11.3 Å². The molecular weight excluding hydrogens is 677 g/mol. The molecule has 0 N–H and O–H groups in total. The molecule has 0 saturated heterocycles. The van der Waals surface area contributed by atoms with Crippen LogP contribution in [-0.2, 0) is 0 Å². The molecule has 0 fully saturated rings. The maximum atomic E-state index is 6.14. The maximum absolute atomic E-state index is 6.14. The summed E-state index contributed by atoms with van der Waals surface area (Å²) in [4.78, 5) is 9.14. The number of fused-ring (bicyclic) bond motifs is 8. The molecule has 0 radical (unpaired) electrons. The third-order valence-corrected chi connectivity index (χ3v) is 11.8. The van der Waals surface area contributed by atoms with Gasteiger partial charge in [-0.3, -0.25) is 0 Å². The average Bonchev–Trinajstić information content (AvgIpc) is 3.82. The molecule has 0 unspecified atom stereocenters. The summed E-state index contributed by atoms with van der Waals surface area (Å²) in [5.41, 5.74) is 14.1. The number of rotatable bonds is 5. The fraction of sp³-hybridized carbons (Fsp3) is 0. The molecule has 0 bridgehead atoms. The summed E-state index contributed by atoms with van der Waals surface area (Å²) in [6.45, 7) is 0. The smallest absolute Gasteiger partial charge is 0.246 e. The molecule has 11 aromatic rings. The van der Waals surface area contributed by atoms with Gasteiger partial charge in [0.2, 0.25) is 5.71 Å². The van der Waals surface area contributed by atoms with Gasteiger partial charge in [-0.05, 0) is 97.9 Å². The van der Waals surface area contributed by atoms with E-state index < -0.39 is 0 Å². The van der Waals surface area contributed by atoms with Gasteiger partial charge >= 0.3 is 0 Å². The Bertz CT molecular complexity index is 3220. The quantitative estimate of drug-likeness (QED) is 0.179. The van der Waals surface area contributed by atoms with Gasteiger partial charge in [-0.2, -0.15) is 0 Å². The summed E-state index contributed by atoms with van der Waals surface area (Å²) < 4.78 is 8.73. The van der Waals surface area contributed by atoms with E-state index >= 15 is 0 Å². The van der Waals surface area contributed by atoms with Crippen LogP contribution in [0.3, 0.4) is 0 Å². The number of furan rings is 1. The average molecular weight is 707 g/mol. The van der Waals surface area contributed by atoms with Crippen LogP contribution in [-0.4, -0.2) is 9.97 Å². The van der Waals surface area contributed by atoms with Crippen molar-refractivity contribution in [1.82, 2.24) is 9.97 Å². The highest BCUT2D eigenvalue weighted by Crippen LogP contribution is 2.45. The number of aromatic nitrogens is 2. The van der Waals surface area contributed by atoms with Gasteiger partial charge in [-0.25, -0.2) is 9.97 Å². The highest BCUT2D eigenvalue weighted by Gasteiger charge is 2.18. The van der Waals surface area contributed by atoms with Crippen LogP contribution in [0.1, 0.15) is 0 Å². The molecule has 11 rings (SSSR count). The first-order valence-corrected chi connectivity index (χ1v) is 18.9. The zero-order chi connectivity index (χ0) is 35.6. The van der Waals surface area contributed by atoms with Gasteiger partial charge in [0.1, 0.15) is 11.1 Å². The second-order valence-electron chi connectivity index (χ2n) is 13.8. The van der Waals surface area contributed by atoms with E-state index in [4.69, 9.17) is 4.42 Å². The molecule has 0 amide bonds. The number of thiophene rings is 1. The predicted molar refractivity (Wildman–Crippen MR) is 227 cm³/mol. The molecule has 8 aromatic carbocycles. The molecule has 0 atom stereocenters. The Kier molecular flexibility index (Phi) is 7.04. The third kappa shape index (κ3) is 5.03. The first kappa shape index (κ1) is 30.7. The Hall–Kier alpha value is -6.88. The van der Waals surface area contributed by atoms with Crippen LogP contribution >= 0.6 is 11.3 Å². The van der Waals surface area contributed by atoms with Crippen LogP contribution in [0.15, 0.2) is 187 Å². The fourth-order valence-electron chi connectivity index (χ4n) is 8.03. The summed E-state index contributed by atoms with van der Waals surface area (Å²) in [5.74, 6) is 0. The molecule has 252 valence electrons. The van der Waals surface area contributed by atoms with Crippen molar-refractivity contribution in [3.05, 3.63) is 182 Å². The Morgan fingerprint density at radius 1 is 0.407 bits per heavy atom. The second-order valence-corrected chi connectivity index (χ2v) is 14.8. The van der Waals surface area contributed by atoms with Crippen molar-refractivity contribution in [3.63, 3.8) is 0 Å². The van der Waals surface area contributed by atoms with Gasteiger partial charge in [0, 0.05) is 43.5 Å². The minimum atomic E-state index is 0.557. The van der Waals surface area contributed by atoms with Crippen LogP contribution in [0.25, 0.3) is 109 Å². The van der Waals surface area contributed by atoms with E-state index in [1.54, 1.807) is 12.4 Å². The fourth-order valence-corrected chi connectivity index (χ4v) is 9.23. The lowest BCUT2D eigenvalue weighted by atomic mass is 9.92. The highest BCUT2D eigenvalue weighted by atomic mass is 32.1. The number of nitrogens with zero attached hydrogens (tertiary/aromatic N) is 2. The van der Waals surface area contributed by atoms with E-state index in [1.807, 2.05) is 17.4 Å². The molecule has 0 aliphatic carbocycles. The van der Waals surface area contributed by atoms with Crippen molar-refractivity contribution in [3.8, 4) is 55.6 Å². The largest absolute Gasteiger partial charge is 0.436 e. The zero-order valence-corrected chi connectivity index (χ0v) is 29.8. The van der Waals surface area contributed by atoms with Crippen molar-refractivity contribution < 1.29 is 4.42 Å².